The lowest BCUT2D eigenvalue weighted by atomic mass is 9.80. The van der Waals surface area contributed by atoms with Crippen molar-refractivity contribution in [2.75, 3.05) is 20.8 Å². The van der Waals surface area contributed by atoms with Crippen molar-refractivity contribution in [3.05, 3.63) is 35.4 Å². The molecule has 3 nitrogen and oxygen atoms in total. The van der Waals surface area contributed by atoms with Crippen LogP contribution in [-0.4, -0.2) is 26.4 Å². The highest BCUT2D eigenvalue weighted by molar-refractivity contribution is 5.26. The summed E-state index contributed by atoms with van der Waals surface area (Å²) >= 11 is 0. The fourth-order valence-corrected chi connectivity index (χ4v) is 2.48. The summed E-state index contributed by atoms with van der Waals surface area (Å²) in [6.45, 7) is 2.49. The van der Waals surface area contributed by atoms with Gasteiger partial charge in [-0.25, -0.2) is 0 Å². The van der Waals surface area contributed by atoms with Crippen LogP contribution in [0.4, 0.5) is 0 Å². The monoisotopic (exact) mass is 249 g/mol. The van der Waals surface area contributed by atoms with Crippen LogP contribution in [-0.2, 0) is 22.6 Å². The Morgan fingerprint density at radius 1 is 1.17 bits per heavy atom. The number of hydrogen-bond acceptors (Lipinski definition) is 3. The summed E-state index contributed by atoms with van der Waals surface area (Å²) in [4.78, 5) is 0. The van der Waals surface area contributed by atoms with Gasteiger partial charge in [0.15, 0.2) is 0 Å². The van der Waals surface area contributed by atoms with Gasteiger partial charge in [0, 0.05) is 27.3 Å². The number of benzene rings is 1. The molecule has 18 heavy (non-hydrogen) atoms. The SMILES string of the molecule is COCc1ccccc1CNCC1(OC)CCC1. The third-order valence-corrected chi connectivity index (χ3v) is 3.88. The second kappa shape index (κ2) is 6.32. The second-order valence-corrected chi connectivity index (χ2v) is 5.05. The number of nitrogens with one attached hydrogen (secondary N) is 1. The highest BCUT2D eigenvalue weighted by Crippen LogP contribution is 2.34. The lowest BCUT2D eigenvalue weighted by molar-refractivity contribution is -0.0695. The predicted molar refractivity (Wildman–Crippen MR) is 72.5 cm³/mol. The van der Waals surface area contributed by atoms with E-state index in [-0.39, 0.29) is 5.60 Å². The van der Waals surface area contributed by atoms with Crippen molar-refractivity contribution in [1.29, 1.82) is 0 Å². The first kappa shape index (κ1) is 13.5. The molecule has 1 saturated carbocycles. The van der Waals surface area contributed by atoms with Gasteiger partial charge < -0.3 is 14.8 Å². The van der Waals surface area contributed by atoms with Crippen molar-refractivity contribution < 1.29 is 9.47 Å². The van der Waals surface area contributed by atoms with Crippen LogP contribution in [0.1, 0.15) is 30.4 Å². The smallest absolute Gasteiger partial charge is 0.0802 e. The van der Waals surface area contributed by atoms with E-state index in [2.05, 4.69) is 29.6 Å². The minimum Gasteiger partial charge on any atom is -0.380 e. The third kappa shape index (κ3) is 3.10. The number of hydrogen-bond donors (Lipinski definition) is 1. The summed E-state index contributed by atoms with van der Waals surface area (Å²) in [5, 5.41) is 3.51. The zero-order valence-electron chi connectivity index (χ0n) is 11.4. The molecule has 1 aliphatic carbocycles. The van der Waals surface area contributed by atoms with Crippen LogP contribution in [0, 0.1) is 0 Å². The first-order chi connectivity index (χ1) is 8.79. The molecule has 100 valence electrons. The fourth-order valence-electron chi connectivity index (χ4n) is 2.48. The minimum absolute atomic E-state index is 0.0935. The third-order valence-electron chi connectivity index (χ3n) is 3.88. The molecule has 1 N–H and O–H groups in total. The van der Waals surface area contributed by atoms with Gasteiger partial charge in [0.1, 0.15) is 0 Å². The van der Waals surface area contributed by atoms with Crippen LogP contribution in [0.5, 0.6) is 0 Å². The molecule has 0 aliphatic heterocycles. The molecule has 0 spiro atoms. The Hall–Kier alpha value is -0.900. The molecule has 1 fully saturated rings. The summed E-state index contributed by atoms with van der Waals surface area (Å²) in [5.41, 5.74) is 2.66. The quantitative estimate of drug-likeness (QED) is 0.805. The number of ether oxygens (including phenoxy) is 2. The van der Waals surface area contributed by atoms with E-state index in [0.29, 0.717) is 6.61 Å². The van der Waals surface area contributed by atoms with Gasteiger partial charge in [-0.15, -0.1) is 0 Å². The topological polar surface area (TPSA) is 30.5 Å². The minimum atomic E-state index is 0.0935. The molecule has 0 atom stereocenters. The first-order valence-electron chi connectivity index (χ1n) is 6.61. The fraction of sp³-hybridized carbons (Fsp3) is 0.600. The van der Waals surface area contributed by atoms with E-state index in [0.717, 1.165) is 13.1 Å². The molecule has 1 aromatic carbocycles. The average Bonchev–Trinajstić information content (AvgIpc) is 2.35. The van der Waals surface area contributed by atoms with Crippen LogP contribution < -0.4 is 5.32 Å². The van der Waals surface area contributed by atoms with Gasteiger partial charge in [0.25, 0.3) is 0 Å². The average molecular weight is 249 g/mol. The molecule has 1 aliphatic rings. The van der Waals surface area contributed by atoms with Crippen LogP contribution in [0.2, 0.25) is 0 Å². The van der Waals surface area contributed by atoms with E-state index in [1.807, 2.05) is 7.11 Å². The molecular formula is C15H23NO2. The zero-order valence-corrected chi connectivity index (χ0v) is 11.4. The molecule has 0 saturated heterocycles. The van der Waals surface area contributed by atoms with Crippen molar-refractivity contribution in [3.8, 4) is 0 Å². The highest BCUT2D eigenvalue weighted by atomic mass is 16.5. The summed E-state index contributed by atoms with van der Waals surface area (Å²) in [7, 11) is 3.55. The summed E-state index contributed by atoms with van der Waals surface area (Å²) in [6, 6.07) is 8.41. The molecule has 2 rings (SSSR count). The molecule has 0 unspecified atom stereocenters. The molecule has 3 heteroatoms. The summed E-state index contributed by atoms with van der Waals surface area (Å²) < 4.78 is 10.8. The highest BCUT2D eigenvalue weighted by Gasteiger charge is 2.36. The molecule has 0 radical (unpaired) electrons. The molecular weight excluding hydrogens is 226 g/mol. The Balaban J connectivity index is 1.86. The maximum Gasteiger partial charge on any atom is 0.0802 e. The second-order valence-electron chi connectivity index (χ2n) is 5.05. The van der Waals surface area contributed by atoms with Crippen molar-refractivity contribution in [3.63, 3.8) is 0 Å². The molecule has 0 bridgehead atoms. The molecule has 0 amide bonds. The Bertz CT molecular complexity index is 369. The van der Waals surface area contributed by atoms with E-state index < -0.39 is 0 Å². The maximum atomic E-state index is 5.60. The lowest BCUT2D eigenvalue weighted by Crippen LogP contribution is -2.47. The molecule has 0 aromatic heterocycles. The van der Waals surface area contributed by atoms with Gasteiger partial charge in [-0.1, -0.05) is 24.3 Å². The van der Waals surface area contributed by atoms with Gasteiger partial charge in [0.2, 0.25) is 0 Å². The maximum absolute atomic E-state index is 5.60. The number of methoxy groups -OCH3 is 2. The Kier molecular flexibility index (Phi) is 4.75. The normalized spacial score (nSPS) is 17.4. The van der Waals surface area contributed by atoms with E-state index >= 15 is 0 Å². The Morgan fingerprint density at radius 2 is 1.89 bits per heavy atom. The van der Waals surface area contributed by atoms with E-state index in [1.165, 1.54) is 30.4 Å². The Labute approximate surface area is 109 Å². The van der Waals surface area contributed by atoms with E-state index in [4.69, 9.17) is 9.47 Å². The van der Waals surface area contributed by atoms with Crippen molar-refractivity contribution >= 4 is 0 Å². The molecule has 1 aromatic rings. The van der Waals surface area contributed by atoms with Crippen molar-refractivity contribution in [2.24, 2.45) is 0 Å². The van der Waals surface area contributed by atoms with Gasteiger partial charge >= 0.3 is 0 Å². The van der Waals surface area contributed by atoms with Crippen LogP contribution >= 0.6 is 0 Å². The van der Waals surface area contributed by atoms with Crippen LogP contribution in [0.15, 0.2) is 24.3 Å². The summed E-state index contributed by atoms with van der Waals surface area (Å²) in [6.07, 6.45) is 3.64. The van der Waals surface area contributed by atoms with Crippen LogP contribution in [0.25, 0.3) is 0 Å². The van der Waals surface area contributed by atoms with Crippen LogP contribution in [0.3, 0.4) is 0 Å². The van der Waals surface area contributed by atoms with Gasteiger partial charge in [-0.05, 0) is 30.4 Å². The summed E-state index contributed by atoms with van der Waals surface area (Å²) in [5.74, 6) is 0. The largest absolute Gasteiger partial charge is 0.380 e. The van der Waals surface area contributed by atoms with Gasteiger partial charge in [-0.3, -0.25) is 0 Å². The standard InChI is InChI=1S/C15H23NO2/c1-17-11-14-7-4-3-6-13(14)10-16-12-15(18-2)8-5-9-15/h3-4,6-7,16H,5,8-12H2,1-2H3. The van der Waals surface area contributed by atoms with Gasteiger partial charge in [0.05, 0.1) is 12.2 Å². The van der Waals surface area contributed by atoms with E-state index in [1.54, 1.807) is 7.11 Å². The first-order valence-corrected chi connectivity index (χ1v) is 6.61. The van der Waals surface area contributed by atoms with Crippen molar-refractivity contribution in [1.82, 2.24) is 5.32 Å². The van der Waals surface area contributed by atoms with E-state index in [9.17, 15) is 0 Å². The van der Waals surface area contributed by atoms with Crippen molar-refractivity contribution in [2.45, 2.75) is 38.0 Å². The lowest BCUT2D eigenvalue weighted by Gasteiger charge is -2.40. The zero-order chi connectivity index (χ0) is 12.8. The van der Waals surface area contributed by atoms with Gasteiger partial charge in [-0.2, -0.15) is 0 Å². The predicted octanol–water partition coefficient (Wildman–Crippen LogP) is 2.49. The Morgan fingerprint density at radius 3 is 2.44 bits per heavy atom. The molecule has 0 heterocycles. The number of rotatable bonds is 7.